The molecule has 4 heteroatoms. The second kappa shape index (κ2) is 4.56. The van der Waals surface area contributed by atoms with Gasteiger partial charge in [-0.25, -0.2) is 0 Å². The highest BCUT2D eigenvalue weighted by Crippen LogP contribution is 2.31. The van der Waals surface area contributed by atoms with Gasteiger partial charge in [0.2, 0.25) is 0 Å². The lowest BCUT2D eigenvalue weighted by atomic mass is 10.0. The first-order valence-electron chi connectivity index (χ1n) is 7.18. The van der Waals surface area contributed by atoms with Crippen molar-refractivity contribution in [2.75, 3.05) is 6.54 Å². The summed E-state index contributed by atoms with van der Waals surface area (Å²) < 4.78 is 0. The second-order valence-corrected chi connectivity index (χ2v) is 5.83. The van der Waals surface area contributed by atoms with E-state index in [9.17, 15) is 4.79 Å². The Balaban J connectivity index is 1.54. The molecule has 1 aliphatic heterocycles. The van der Waals surface area contributed by atoms with Crippen LogP contribution < -0.4 is 10.6 Å². The minimum atomic E-state index is 0.000744. The van der Waals surface area contributed by atoms with Crippen molar-refractivity contribution in [2.24, 2.45) is 5.92 Å². The molecule has 2 N–H and O–H groups in total. The molecule has 4 rings (SSSR count). The Bertz CT molecular complexity index is 670. The van der Waals surface area contributed by atoms with Crippen molar-refractivity contribution in [3.63, 3.8) is 0 Å². The van der Waals surface area contributed by atoms with E-state index < -0.39 is 0 Å². The lowest BCUT2D eigenvalue weighted by Crippen LogP contribution is -2.44. The van der Waals surface area contributed by atoms with E-state index in [0.717, 1.165) is 23.9 Å². The van der Waals surface area contributed by atoms with Crippen molar-refractivity contribution < 1.29 is 4.79 Å². The zero-order valence-corrected chi connectivity index (χ0v) is 11.2. The van der Waals surface area contributed by atoms with Crippen molar-refractivity contribution >= 4 is 16.8 Å². The van der Waals surface area contributed by atoms with Crippen LogP contribution >= 0.6 is 0 Å². The average Bonchev–Trinajstić information content (AvgIpc) is 3.09. The van der Waals surface area contributed by atoms with E-state index in [1.807, 2.05) is 30.3 Å². The van der Waals surface area contributed by atoms with Crippen LogP contribution in [0.2, 0.25) is 0 Å². The number of fused-ring (bicyclic) bond motifs is 3. The number of carbonyl (C=O) groups excluding carboxylic acids is 1. The Kier molecular flexibility index (Phi) is 2.70. The van der Waals surface area contributed by atoms with E-state index in [4.69, 9.17) is 0 Å². The Morgan fingerprint density at radius 1 is 1.30 bits per heavy atom. The van der Waals surface area contributed by atoms with Gasteiger partial charge in [-0.1, -0.05) is 18.2 Å². The van der Waals surface area contributed by atoms with Crippen molar-refractivity contribution in [3.8, 4) is 0 Å². The van der Waals surface area contributed by atoms with Gasteiger partial charge in [-0.2, -0.15) is 0 Å². The van der Waals surface area contributed by atoms with Gasteiger partial charge in [0.05, 0.1) is 11.1 Å². The summed E-state index contributed by atoms with van der Waals surface area (Å²) in [4.78, 5) is 16.7. The predicted molar refractivity (Wildman–Crippen MR) is 77.5 cm³/mol. The zero-order chi connectivity index (χ0) is 13.5. The highest BCUT2D eigenvalue weighted by atomic mass is 16.1. The first-order valence-corrected chi connectivity index (χ1v) is 7.18. The first-order chi connectivity index (χ1) is 9.79. The molecular weight excluding hydrogens is 250 g/mol. The normalized spacial score (nSPS) is 27.9. The van der Waals surface area contributed by atoms with E-state index in [-0.39, 0.29) is 5.91 Å². The summed E-state index contributed by atoms with van der Waals surface area (Å²) in [5, 5.41) is 7.64. The monoisotopic (exact) mass is 267 g/mol. The van der Waals surface area contributed by atoms with Crippen LogP contribution in [0, 0.1) is 5.92 Å². The Hall–Kier alpha value is -1.94. The fraction of sp³-hybridized carbons (Fsp3) is 0.375. The smallest absolute Gasteiger partial charge is 0.253 e. The quantitative estimate of drug-likeness (QED) is 0.871. The fourth-order valence-corrected chi connectivity index (χ4v) is 3.46. The van der Waals surface area contributed by atoms with Crippen molar-refractivity contribution in [2.45, 2.75) is 24.9 Å². The summed E-state index contributed by atoms with van der Waals surface area (Å²) in [5.74, 6) is 0.596. The van der Waals surface area contributed by atoms with Crippen LogP contribution in [0.15, 0.2) is 36.5 Å². The maximum absolute atomic E-state index is 12.3. The van der Waals surface area contributed by atoms with Crippen molar-refractivity contribution in [1.29, 1.82) is 0 Å². The molecule has 0 spiro atoms. The number of hydrogen-bond donors (Lipinski definition) is 2. The highest BCUT2D eigenvalue weighted by Gasteiger charge is 2.40. The number of benzene rings is 1. The lowest BCUT2D eigenvalue weighted by Gasteiger charge is -2.23. The van der Waals surface area contributed by atoms with Gasteiger partial charge in [0, 0.05) is 30.2 Å². The van der Waals surface area contributed by atoms with Gasteiger partial charge >= 0.3 is 0 Å². The summed E-state index contributed by atoms with van der Waals surface area (Å²) in [6, 6.07) is 10.7. The van der Waals surface area contributed by atoms with E-state index in [2.05, 4.69) is 15.6 Å². The van der Waals surface area contributed by atoms with Gasteiger partial charge in [0.1, 0.15) is 0 Å². The largest absolute Gasteiger partial charge is 0.349 e. The molecule has 4 nitrogen and oxygen atoms in total. The molecule has 2 fully saturated rings. The SMILES string of the molecule is O=C(NC1CC2CC1CN2)c1cnc2ccccc2c1. The molecule has 2 aliphatic rings. The fourth-order valence-electron chi connectivity index (χ4n) is 3.46. The molecule has 1 saturated carbocycles. The minimum absolute atomic E-state index is 0.000744. The van der Waals surface area contributed by atoms with E-state index in [1.54, 1.807) is 6.20 Å². The number of pyridine rings is 1. The summed E-state index contributed by atoms with van der Waals surface area (Å²) in [7, 11) is 0. The second-order valence-electron chi connectivity index (χ2n) is 5.83. The number of hydrogen-bond acceptors (Lipinski definition) is 3. The summed E-state index contributed by atoms with van der Waals surface area (Å²) in [5.41, 5.74) is 1.58. The van der Waals surface area contributed by atoms with Crippen LogP contribution in [0.5, 0.6) is 0 Å². The van der Waals surface area contributed by atoms with Crippen molar-refractivity contribution in [1.82, 2.24) is 15.6 Å². The maximum atomic E-state index is 12.3. The molecule has 0 radical (unpaired) electrons. The molecule has 1 aromatic carbocycles. The van der Waals surface area contributed by atoms with Crippen LogP contribution in [0.1, 0.15) is 23.2 Å². The number of nitrogens with zero attached hydrogens (tertiary/aromatic N) is 1. The zero-order valence-electron chi connectivity index (χ0n) is 11.2. The number of nitrogens with one attached hydrogen (secondary N) is 2. The average molecular weight is 267 g/mol. The van der Waals surface area contributed by atoms with Crippen molar-refractivity contribution in [3.05, 3.63) is 42.1 Å². The van der Waals surface area contributed by atoms with E-state index in [1.165, 1.54) is 6.42 Å². The maximum Gasteiger partial charge on any atom is 0.253 e. The van der Waals surface area contributed by atoms with Crippen LogP contribution in [0.3, 0.4) is 0 Å². The van der Waals surface area contributed by atoms with Crippen LogP contribution in [0.25, 0.3) is 10.9 Å². The molecule has 102 valence electrons. The molecule has 2 aromatic rings. The lowest BCUT2D eigenvalue weighted by molar-refractivity contribution is 0.0925. The summed E-state index contributed by atoms with van der Waals surface area (Å²) in [6.45, 7) is 1.03. The summed E-state index contributed by atoms with van der Waals surface area (Å²) >= 11 is 0. The predicted octanol–water partition coefficient (Wildman–Crippen LogP) is 1.71. The van der Waals surface area contributed by atoms with Gasteiger partial charge in [-0.3, -0.25) is 9.78 Å². The minimum Gasteiger partial charge on any atom is -0.349 e. The molecule has 3 atom stereocenters. The number of carbonyl (C=O) groups is 1. The number of piperidine rings is 1. The highest BCUT2D eigenvalue weighted by molar-refractivity contribution is 5.97. The van der Waals surface area contributed by atoms with Gasteiger partial charge in [0.25, 0.3) is 5.91 Å². The molecule has 3 unspecified atom stereocenters. The molecule has 20 heavy (non-hydrogen) atoms. The van der Waals surface area contributed by atoms with Crippen LogP contribution in [-0.2, 0) is 0 Å². The Morgan fingerprint density at radius 2 is 2.20 bits per heavy atom. The third-order valence-electron chi connectivity index (χ3n) is 4.53. The Labute approximate surface area is 117 Å². The third-order valence-corrected chi connectivity index (χ3v) is 4.53. The summed E-state index contributed by atoms with van der Waals surface area (Å²) in [6.07, 6.45) is 3.92. The van der Waals surface area contributed by atoms with Gasteiger partial charge < -0.3 is 10.6 Å². The first kappa shape index (κ1) is 11.9. The van der Waals surface area contributed by atoms with Gasteiger partial charge in [-0.15, -0.1) is 0 Å². The molecule has 1 aliphatic carbocycles. The number of amides is 1. The molecule has 1 aromatic heterocycles. The molecule has 2 heterocycles. The molecule has 1 saturated heterocycles. The number of rotatable bonds is 2. The third kappa shape index (κ3) is 1.96. The van der Waals surface area contributed by atoms with Gasteiger partial charge in [-0.05, 0) is 30.9 Å². The Morgan fingerprint density at radius 3 is 3.00 bits per heavy atom. The van der Waals surface area contributed by atoms with E-state index >= 15 is 0 Å². The van der Waals surface area contributed by atoms with E-state index in [0.29, 0.717) is 23.6 Å². The van der Waals surface area contributed by atoms with Crippen LogP contribution in [0.4, 0.5) is 0 Å². The molecule has 2 bridgehead atoms. The van der Waals surface area contributed by atoms with Crippen LogP contribution in [-0.4, -0.2) is 29.5 Å². The molecule has 1 amide bonds. The number of para-hydroxylation sites is 1. The van der Waals surface area contributed by atoms with Gasteiger partial charge in [0.15, 0.2) is 0 Å². The standard InChI is InChI=1S/C16H17N3O/c20-16(19-15-7-13-6-11(15)8-17-13)12-5-10-3-1-2-4-14(10)18-9-12/h1-5,9,11,13,15,17H,6-8H2,(H,19,20). The topological polar surface area (TPSA) is 54.0 Å². The number of aromatic nitrogens is 1. The molecular formula is C16H17N3O.